The molecule has 0 N–H and O–H groups in total. The molecule has 5 nitrogen and oxygen atoms in total. The lowest BCUT2D eigenvalue weighted by atomic mass is 10.1. The van der Waals surface area contributed by atoms with Crippen molar-refractivity contribution in [1.29, 1.82) is 0 Å². The minimum atomic E-state index is -4.53. The number of alkyl halides is 3. The van der Waals surface area contributed by atoms with Crippen molar-refractivity contribution in [2.45, 2.75) is 19.2 Å². The normalized spacial score (nSPS) is 15.4. The van der Waals surface area contributed by atoms with Crippen LogP contribution >= 0.6 is 11.3 Å². The van der Waals surface area contributed by atoms with Crippen molar-refractivity contribution in [1.82, 2.24) is 14.9 Å². The van der Waals surface area contributed by atoms with E-state index in [4.69, 9.17) is 4.74 Å². The summed E-state index contributed by atoms with van der Waals surface area (Å²) in [4.78, 5) is 21.9. The maximum absolute atomic E-state index is 12.9. The van der Waals surface area contributed by atoms with Gasteiger partial charge in [0.2, 0.25) is 5.88 Å². The number of aryl methyl sites for hydroxylation is 1. The first-order valence-electron chi connectivity index (χ1n) is 6.74. The Balaban J connectivity index is 1.63. The van der Waals surface area contributed by atoms with Crippen LogP contribution in [0.3, 0.4) is 0 Å². The fourth-order valence-corrected chi connectivity index (χ4v) is 2.96. The quantitative estimate of drug-likeness (QED) is 0.860. The molecule has 23 heavy (non-hydrogen) atoms. The molecule has 1 aliphatic heterocycles. The summed E-state index contributed by atoms with van der Waals surface area (Å²) in [6.07, 6.45) is -3.78. The summed E-state index contributed by atoms with van der Waals surface area (Å²) in [5.41, 5.74) is 1.32. The van der Waals surface area contributed by atoms with Gasteiger partial charge in [0.25, 0.3) is 5.91 Å². The Hall–Kier alpha value is -2.16. The number of amides is 1. The van der Waals surface area contributed by atoms with Crippen molar-refractivity contribution in [3.05, 3.63) is 40.0 Å². The van der Waals surface area contributed by atoms with Crippen molar-refractivity contribution in [3.8, 4) is 5.88 Å². The summed E-state index contributed by atoms with van der Waals surface area (Å²) in [6, 6.07) is 2.13. The molecule has 1 saturated heterocycles. The lowest BCUT2D eigenvalue weighted by molar-refractivity contribution is -0.140. The Labute approximate surface area is 133 Å². The Morgan fingerprint density at radius 3 is 2.74 bits per heavy atom. The fraction of sp³-hybridized carbons (Fsp3) is 0.357. The largest absolute Gasteiger partial charge is 0.470 e. The number of nitrogens with zero attached hydrogens (tertiary/aromatic N) is 3. The summed E-state index contributed by atoms with van der Waals surface area (Å²) in [6.45, 7) is 2.19. The average Bonchev–Trinajstić information content (AvgIpc) is 2.87. The third kappa shape index (κ3) is 3.14. The number of carbonyl (C=O) groups excluding carboxylic acids is 1. The topological polar surface area (TPSA) is 55.3 Å². The number of aromatic nitrogens is 2. The molecule has 2 aromatic rings. The fourth-order valence-electron chi connectivity index (χ4n) is 2.19. The van der Waals surface area contributed by atoms with Crippen LogP contribution in [0.5, 0.6) is 5.88 Å². The molecule has 0 bridgehead atoms. The van der Waals surface area contributed by atoms with E-state index in [-0.39, 0.29) is 19.0 Å². The lowest BCUT2D eigenvalue weighted by Gasteiger charge is -2.38. The maximum atomic E-state index is 12.9. The molecule has 0 aromatic carbocycles. The van der Waals surface area contributed by atoms with Gasteiger partial charge in [0.05, 0.1) is 24.3 Å². The highest BCUT2D eigenvalue weighted by atomic mass is 32.1. The van der Waals surface area contributed by atoms with Crippen molar-refractivity contribution in [3.63, 3.8) is 0 Å². The minimum Gasteiger partial charge on any atom is -0.470 e. The molecular weight excluding hydrogens is 331 g/mol. The molecule has 0 radical (unpaired) electrons. The predicted octanol–water partition coefficient (Wildman–Crippen LogP) is 2.77. The molecule has 1 fully saturated rings. The second-order valence-corrected chi connectivity index (χ2v) is 5.93. The van der Waals surface area contributed by atoms with Gasteiger partial charge in [-0.15, -0.1) is 11.3 Å². The monoisotopic (exact) mass is 343 g/mol. The number of halogens is 3. The van der Waals surface area contributed by atoms with Crippen molar-refractivity contribution >= 4 is 17.2 Å². The third-order valence-electron chi connectivity index (χ3n) is 3.43. The van der Waals surface area contributed by atoms with Crippen LogP contribution in [-0.4, -0.2) is 40.0 Å². The SMILES string of the molecule is Cc1ncsc1C(=O)N1CC(Oc2ncccc2C(F)(F)F)C1. The average molecular weight is 343 g/mol. The van der Waals surface area contributed by atoms with Gasteiger partial charge in [0.1, 0.15) is 16.5 Å². The summed E-state index contributed by atoms with van der Waals surface area (Å²) in [5, 5.41) is 0. The van der Waals surface area contributed by atoms with E-state index >= 15 is 0 Å². The van der Waals surface area contributed by atoms with Crippen LogP contribution in [0.1, 0.15) is 20.9 Å². The van der Waals surface area contributed by atoms with E-state index in [1.54, 1.807) is 12.4 Å². The molecule has 0 spiro atoms. The van der Waals surface area contributed by atoms with Crippen LogP contribution in [0.25, 0.3) is 0 Å². The Bertz CT molecular complexity index is 726. The van der Waals surface area contributed by atoms with Crippen LogP contribution in [0.4, 0.5) is 13.2 Å². The van der Waals surface area contributed by atoms with Crippen molar-refractivity contribution in [2.75, 3.05) is 13.1 Å². The minimum absolute atomic E-state index is 0.179. The summed E-state index contributed by atoms with van der Waals surface area (Å²) >= 11 is 1.24. The molecule has 3 rings (SSSR count). The zero-order valence-corrected chi connectivity index (χ0v) is 12.8. The number of hydrogen-bond donors (Lipinski definition) is 0. The first-order valence-corrected chi connectivity index (χ1v) is 7.62. The molecule has 0 saturated carbocycles. The zero-order chi connectivity index (χ0) is 16.6. The van der Waals surface area contributed by atoms with Crippen molar-refractivity contribution < 1.29 is 22.7 Å². The standard InChI is InChI=1S/C14H12F3N3O2S/c1-8-11(23-7-19-8)13(21)20-5-9(6-20)22-12-10(14(15,16)17)3-2-4-18-12/h2-4,7,9H,5-6H2,1H3. The van der Waals surface area contributed by atoms with Gasteiger partial charge >= 0.3 is 6.18 Å². The third-order valence-corrected chi connectivity index (χ3v) is 4.35. The van der Waals surface area contributed by atoms with Gasteiger partial charge in [0, 0.05) is 6.20 Å². The zero-order valence-electron chi connectivity index (χ0n) is 12.0. The number of rotatable bonds is 3. The summed E-state index contributed by atoms with van der Waals surface area (Å²) in [7, 11) is 0. The van der Waals surface area contributed by atoms with E-state index in [9.17, 15) is 18.0 Å². The van der Waals surface area contributed by atoms with E-state index in [1.165, 1.54) is 28.5 Å². The second kappa shape index (κ2) is 5.80. The Kier molecular flexibility index (Phi) is 3.97. The van der Waals surface area contributed by atoms with Gasteiger partial charge < -0.3 is 9.64 Å². The van der Waals surface area contributed by atoms with Gasteiger partial charge in [0.15, 0.2) is 0 Å². The highest BCUT2D eigenvalue weighted by Gasteiger charge is 2.39. The molecule has 0 unspecified atom stereocenters. The highest BCUT2D eigenvalue weighted by molar-refractivity contribution is 7.11. The van der Waals surface area contributed by atoms with Gasteiger partial charge in [-0.25, -0.2) is 9.97 Å². The number of hydrogen-bond acceptors (Lipinski definition) is 5. The van der Waals surface area contributed by atoms with E-state index in [0.29, 0.717) is 10.6 Å². The van der Waals surface area contributed by atoms with Crippen LogP contribution < -0.4 is 4.74 Å². The van der Waals surface area contributed by atoms with Crippen molar-refractivity contribution in [2.24, 2.45) is 0 Å². The van der Waals surface area contributed by atoms with Gasteiger partial charge in [-0.1, -0.05) is 0 Å². The number of likely N-dealkylation sites (tertiary alicyclic amines) is 1. The molecule has 1 amide bonds. The van der Waals surface area contributed by atoms with Gasteiger partial charge in [-0.2, -0.15) is 13.2 Å². The van der Waals surface area contributed by atoms with E-state index in [2.05, 4.69) is 9.97 Å². The number of thiazole rings is 1. The van der Waals surface area contributed by atoms with E-state index in [1.807, 2.05) is 0 Å². The molecule has 1 aliphatic rings. The van der Waals surface area contributed by atoms with E-state index in [0.717, 1.165) is 6.07 Å². The number of ether oxygens (including phenoxy) is 1. The highest BCUT2D eigenvalue weighted by Crippen LogP contribution is 2.35. The molecule has 2 aromatic heterocycles. The molecule has 122 valence electrons. The van der Waals surface area contributed by atoms with Crippen LogP contribution in [0.2, 0.25) is 0 Å². The predicted molar refractivity (Wildman–Crippen MR) is 76.4 cm³/mol. The second-order valence-electron chi connectivity index (χ2n) is 5.07. The first-order chi connectivity index (χ1) is 10.9. The van der Waals surface area contributed by atoms with E-state index < -0.39 is 23.7 Å². The maximum Gasteiger partial charge on any atom is 0.421 e. The summed E-state index contributed by atoms with van der Waals surface area (Å²) in [5.74, 6) is -0.631. The lowest BCUT2D eigenvalue weighted by Crippen LogP contribution is -2.56. The van der Waals surface area contributed by atoms with Gasteiger partial charge in [-0.05, 0) is 19.1 Å². The number of carbonyl (C=O) groups is 1. The van der Waals surface area contributed by atoms with Crippen LogP contribution in [0.15, 0.2) is 23.8 Å². The van der Waals surface area contributed by atoms with Crippen LogP contribution in [-0.2, 0) is 6.18 Å². The summed E-state index contributed by atoms with van der Waals surface area (Å²) < 4.78 is 43.9. The first kappa shape index (κ1) is 15.7. The molecular formula is C14H12F3N3O2S. The van der Waals surface area contributed by atoms with Gasteiger partial charge in [-0.3, -0.25) is 4.79 Å². The Morgan fingerprint density at radius 2 is 2.13 bits per heavy atom. The number of pyridine rings is 1. The Morgan fingerprint density at radius 1 is 1.39 bits per heavy atom. The van der Waals surface area contributed by atoms with Crippen LogP contribution in [0, 0.1) is 6.92 Å². The molecule has 9 heteroatoms. The molecule has 0 aliphatic carbocycles. The molecule has 3 heterocycles. The molecule has 0 atom stereocenters. The smallest absolute Gasteiger partial charge is 0.421 e.